The van der Waals surface area contributed by atoms with E-state index >= 15 is 0 Å². The normalized spacial score (nSPS) is 10.2. The SMILES string of the molecule is CNC(=O)n1cc(N=O)c2ccccc21. The van der Waals surface area contributed by atoms with Gasteiger partial charge in [0.15, 0.2) is 0 Å². The van der Waals surface area contributed by atoms with Crippen molar-refractivity contribution in [1.82, 2.24) is 9.88 Å². The number of nitroso groups, excluding NO2 is 1. The summed E-state index contributed by atoms with van der Waals surface area (Å²) in [6.45, 7) is 0. The van der Waals surface area contributed by atoms with E-state index in [0.717, 1.165) is 0 Å². The molecule has 2 aromatic rings. The molecule has 5 heteroatoms. The van der Waals surface area contributed by atoms with Crippen LogP contribution in [0.1, 0.15) is 0 Å². The lowest BCUT2D eigenvalue weighted by Gasteiger charge is -2.00. The molecule has 0 radical (unpaired) electrons. The summed E-state index contributed by atoms with van der Waals surface area (Å²) < 4.78 is 1.37. The Balaban J connectivity index is 2.75. The molecule has 5 nitrogen and oxygen atoms in total. The Morgan fingerprint density at radius 2 is 2.13 bits per heavy atom. The van der Waals surface area contributed by atoms with E-state index in [2.05, 4.69) is 10.5 Å². The molecule has 1 aromatic heterocycles. The van der Waals surface area contributed by atoms with Crippen LogP contribution in [-0.4, -0.2) is 17.6 Å². The van der Waals surface area contributed by atoms with E-state index in [1.54, 1.807) is 24.3 Å². The first kappa shape index (κ1) is 9.39. The predicted molar refractivity (Wildman–Crippen MR) is 57.2 cm³/mol. The second-order valence-electron chi connectivity index (χ2n) is 3.05. The quantitative estimate of drug-likeness (QED) is 0.722. The van der Waals surface area contributed by atoms with Crippen LogP contribution in [0.25, 0.3) is 10.9 Å². The van der Waals surface area contributed by atoms with Gasteiger partial charge in [-0.2, -0.15) is 0 Å². The summed E-state index contributed by atoms with van der Waals surface area (Å²) >= 11 is 0. The smallest absolute Gasteiger partial charge is 0.325 e. The van der Waals surface area contributed by atoms with Crippen molar-refractivity contribution < 1.29 is 4.79 Å². The molecule has 15 heavy (non-hydrogen) atoms. The lowest BCUT2D eigenvalue weighted by molar-refractivity contribution is 0.245. The summed E-state index contributed by atoms with van der Waals surface area (Å²) in [6, 6.07) is 6.83. The minimum Gasteiger partial charge on any atom is -0.340 e. The van der Waals surface area contributed by atoms with Crippen LogP contribution in [-0.2, 0) is 0 Å². The Morgan fingerprint density at radius 1 is 1.40 bits per heavy atom. The summed E-state index contributed by atoms with van der Waals surface area (Å²) in [5.41, 5.74) is 0.945. The number of aromatic nitrogens is 1. The monoisotopic (exact) mass is 203 g/mol. The van der Waals surface area contributed by atoms with Crippen molar-refractivity contribution in [2.75, 3.05) is 7.05 Å². The number of rotatable bonds is 1. The van der Waals surface area contributed by atoms with Gasteiger partial charge in [-0.15, -0.1) is 4.91 Å². The number of nitrogens with one attached hydrogen (secondary N) is 1. The molecule has 0 aliphatic carbocycles. The third-order valence-electron chi connectivity index (χ3n) is 2.22. The largest absolute Gasteiger partial charge is 0.340 e. The Bertz CT molecular complexity index is 530. The van der Waals surface area contributed by atoms with Crippen molar-refractivity contribution in [3.8, 4) is 0 Å². The molecule has 0 saturated carbocycles. The molecule has 0 aliphatic heterocycles. The van der Waals surface area contributed by atoms with E-state index < -0.39 is 0 Å². The van der Waals surface area contributed by atoms with Crippen LogP contribution < -0.4 is 5.32 Å². The molecule has 76 valence electrons. The van der Waals surface area contributed by atoms with Gasteiger partial charge in [0.25, 0.3) is 0 Å². The van der Waals surface area contributed by atoms with Gasteiger partial charge >= 0.3 is 6.03 Å². The number of hydrogen-bond donors (Lipinski definition) is 1. The van der Waals surface area contributed by atoms with Crippen molar-refractivity contribution in [2.24, 2.45) is 5.18 Å². The van der Waals surface area contributed by atoms with Gasteiger partial charge in [-0.05, 0) is 11.2 Å². The average molecular weight is 203 g/mol. The molecule has 1 amide bonds. The lowest BCUT2D eigenvalue weighted by atomic mass is 10.2. The number of hydrogen-bond acceptors (Lipinski definition) is 3. The second-order valence-corrected chi connectivity index (χ2v) is 3.05. The first-order valence-corrected chi connectivity index (χ1v) is 4.43. The number of nitrogens with zero attached hydrogens (tertiary/aromatic N) is 2. The average Bonchev–Trinajstić information content (AvgIpc) is 2.67. The first-order chi connectivity index (χ1) is 7.27. The molecule has 0 bridgehead atoms. The Kier molecular flexibility index (Phi) is 2.21. The predicted octanol–water partition coefficient (Wildman–Crippen LogP) is 2.23. The fraction of sp³-hybridized carbons (Fsp3) is 0.100. The number of carbonyl (C=O) groups excluding carboxylic acids is 1. The molecular formula is C10H9N3O2. The number of amides is 1. The molecule has 2 rings (SSSR count). The lowest BCUT2D eigenvalue weighted by Crippen LogP contribution is -2.23. The van der Waals surface area contributed by atoms with Crippen LogP contribution in [0.2, 0.25) is 0 Å². The fourth-order valence-electron chi connectivity index (χ4n) is 1.52. The summed E-state index contributed by atoms with van der Waals surface area (Å²) in [5.74, 6) is 0. The summed E-state index contributed by atoms with van der Waals surface area (Å²) in [6.07, 6.45) is 1.43. The van der Waals surface area contributed by atoms with Crippen LogP contribution in [0.5, 0.6) is 0 Å². The molecule has 0 aliphatic rings. The van der Waals surface area contributed by atoms with Gasteiger partial charge in [-0.3, -0.25) is 4.57 Å². The zero-order valence-corrected chi connectivity index (χ0v) is 8.10. The standard InChI is InChI=1S/C10H9N3O2/c1-11-10(14)13-6-8(12-15)7-4-2-3-5-9(7)13/h2-6H,1H3,(H,11,14). The van der Waals surface area contributed by atoms with Crippen molar-refractivity contribution in [3.05, 3.63) is 35.4 Å². The molecule has 0 spiro atoms. The molecule has 1 aromatic carbocycles. The highest BCUT2D eigenvalue weighted by molar-refractivity contribution is 5.98. The van der Waals surface area contributed by atoms with Crippen LogP contribution in [0.4, 0.5) is 10.5 Å². The van der Waals surface area contributed by atoms with Gasteiger partial charge in [0.1, 0.15) is 5.69 Å². The molecule has 0 saturated heterocycles. The number of fused-ring (bicyclic) bond motifs is 1. The van der Waals surface area contributed by atoms with Gasteiger partial charge in [-0.1, -0.05) is 18.2 Å². The topological polar surface area (TPSA) is 63.5 Å². The molecule has 1 heterocycles. The first-order valence-electron chi connectivity index (χ1n) is 4.43. The highest BCUT2D eigenvalue weighted by Gasteiger charge is 2.11. The zero-order valence-electron chi connectivity index (χ0n) is 8.10. The van der Waals surface area contributed by atoms with Crippen molar-refractivity contribution in [2.45, 2.75) is 0 Å². The van der Waals surface area contributed by atoms with Gasteiger partial charge < -0.3 is 5.32 Å². The van der Waals surface area contributed by atoms with Gasteiger partial charge in [0.05, 0.1) is 5.52 Å². The van der Waals surface area contributed by atoms with Crippen LogP contribution in [0.15, 0.2) is 35.6 Å². The minimum absolute atomic E-state index is 0.272. The van der Waals surface area contributed by atoms with E-state index in [-0.39, 0.29) is 11.7 Å². The molecule has 0 atom stereocenters. The summed E-state index contributed by atoms with van der Waals surface area (Å²) in [5, 5.41) is 6.05. The Morgan fingerprint density at radius 3 is 2.80 bits per heavy atom. The maximum atomic E-state index is 11.5. The van der Waals surface area contributed by atoms with Gasteiger partial charge in [0, 0.05) is 18.6 Å². The molecule has 0 unspecified atom stereocenters. The zero-order chi connectivity index (χ0) is 10.8. The number of benzene rings is 1. The van der Waals surface area contributed by atoms with E-state index in [1.165, 1.54) is 17.8 Å². The number of carbonyl (C=O) groups is 1. The van der Waals surface area contributed by atoms with E-state index in [0.29, 0.717) is 10.9 Å². The highest BCUT2D eigenvalue weighted by Crippen LogP contribution is 2.27. The minimum atomic E-state index is -0.291. The van der Waals surface area contributed by atoms with E-state index in [9.17, 15) is 9.70 Å². The summed E-state index contributed by atoms with van der Waals surface area (Å²) in [4.78, 5) is 22.0. The third kappa shape index (κ3) is 1.38. The third-order valence-corrected chi connectivity index (χ3v) is 2.22. The molecular weight excluding hydrogens is 194 g/mol. The Labute approximate surface area is 85.7 Å². The van der Waals surface area contributed by atoms with E-state index in [1.807, 2.05) is 0 Å². The van der Waals surface area contributed by atoms with Gasteiger partial charge in [-0.25, -0.2) is 4.79 Å². The number of para-hydroxylation sites is 1. The molecule has 1 N–H and O–H groups in total. The maximum absolute atomic E-state index is 11.5. The summed E-state index contributed by atoms with van der Waals surface area (Å²) in [7, 11) is 1.53. The molecule has 0 fully saturated rings. The van der Waals surface area contributed by atoms with Crippen molar-refractivity contribution in [1.29, 1.82) is 0 Å². The van der Waals surface area contributed by atoms with E-state index in [4.69, 9.17) is 0 Å². The van der Waals surface area contributed by atoms with Crippen molar-refractivity contribution >= 4 is 22.6 Å². The van der Waals surface area contributed by atoms with Crippen LogP contribution in [0, 0.1) is 4.91 Å². The fourth-order valence-corrected chi connectivity index (χ4v) is 1.52. The Hall–Kier alpha value is -2.17. The van der Waals surface area contributed by atoms with Crippen LogP contribution >= 0.6 is 0 Å². The second kappa shape index (κ2) is 3.53. The maximum Gasteiger partial charge on any atom is 0.325 e. The van der Waals surface area contributed by atoms with Gasteiger partial charge in [0.2, 0.25) is 0 Å². The highest BCUT2D eigenvalue weighted by atomic mass is 16.3. The van der Waals surface area contributed by atoms with Crippen molar-refractivity contribution in [3.63, 3.8) is 0 Å². The van der Waals surface area contributed by atoms with Crippen LogP contribution in [0.3, 0.4) is 0 Å².